The van der Waals surface area contributed by atoms with E-state index in [0.29, 0.717) is 18.5 Å². The number of aromatic nitrogens is 1. The summed E-state index contributed by atoms with van der Waals surface area (Å²) in [6.45, 7) is 5.05. The third kappa shape index (κ3) is 4.07. The van der Waals surface area contributed by atoms with Crippen molar-refractivity contribution < 1.29 is 27.3 Å². The average molecular weight is 387 g/mol. The largest absolute Gasteiger partial charge is 0.452 e. The summed E-state index contributed by atoms with van der Waals surface area (Å²) < 4.78 is 37.0. The third-order valence-electron chi connectivity index (χ3n) is 4.43. The van der Waals surface area contributed by atoms with Crippen molar-refractivity contribution in [2.75, 3.05) is 27.2 Å². The monoisotopic (exact) mass is 387 g/mol. The Balaban J connectivity index is 1.99. The van der Waals surface area contributed by atoms with Gasteiger partial charge in [-0.3, -0.25) is 9.59 Å². The molecule has 0 bridgehead atoms. The molecule has 0 N–H and O–H groups in total. The predicted octanol–water partition coefficient (Wildman–Crippen LogP) is 0.712. The molecular formula is C16H25N3O6S. The van der Waals surface area contributed by atoms with Crippen molar-refractivity contribution in [1.29, 1.82) is 0 Å². The Kier molecular flexibility index (Phi) is 6.07. The maximum atomic E-state index is 12.8. The van der Waals surface area contributed by atoms with Crippen LogP contribution in [0.4, 0.5) is 0 Å². The third-order valence-corrected chi connectivity index (χ3v) is 6.58. The normalized spacial score (nSPS) is 17.7. The summed E-state index contributed by atoms with van der Waals surface area (Å²) >= 11 is 0. The van der Waals surface area contributed by atoms with Gasteiger partial charge < -0.3 is 14.2 Å². The van der Waals surface area contributed by atoms with E-state index in [1.54, 1.807) is 27.9 Å². The van der Waals surface area contributed by atoms with Crippen LogP contribution in [-0.2, 0) is 24.3 Å². The lowest BCUT2D eigenvalue weighted by Crippen LogP contribution is -2.42. The molecule has 1 atom stereocenters. The van der Waals surface area contributed by atoms with E-state index in [1.807, 2.05) is 0 Å². The van der Waals surface area contributed by atoms with Gasteiger partial charge in [0.15, 0.2) is 11.9 Å². The highest BCUT2D eigenvalue weighted by Crippen LogP contribution is 2.28. The summed E-state index contributed by atoms with van der Waals surface area (Å²) in [6.07, 6.45) is -0.184. The van der Waals surface area contributed by atoms with Crippen molar-refractivity contribution in [2.24, 2.45) is 5.92 Å². The molecule has 1 aliphatic rings. The van der Waals surface area contributed by atoms with E-state index in [1.165, 1.54) is 16.1 Å². The zero-order valence-electron chi connectivity index (χ0n) is 15.7. The molecule has 1 amide bonds. The predicted molar refractivity (Wildman–Crippen MR) is 91.7 cm³/mol. The topological polar surface area (TPSA) is 110 Å². The second-order valence-electron chi connectivity index (χ2n) is 6.64. The number of esters is 1. The van der Waals surface area contributed by atoms with Crippen molar-refractivity contribution in [3.05, 3.63) is 11.5 Å². The molecule has 146 valence electrons. The van der Waals surface area contributed by atoms with Gasteiger partial charge in [0.2, 0.25) is 10.0 Å². The number of carbonyl (C=O) groups excluding carboxylic acids is 2. The van der Waals surface area contributed by atoms with E-state index in [4.69, 9.17) is 9.26 Å². The van der Waals surface area contributed by atoms with Gasteiger partial charge in [-0.25, -0.2) is 8.42 Å². The molecule has 1 saturated heterocycles. The number of piperidine rings is 1. The first kappa shape index (κ1) is 20.4. The number of ether oxygens (including phenoxy) is 1. The molecule has 26 heavy (non-hydrogen) atoms. The fourth-order valence-electron chi connectivity index (χ4n) is 2.99. The Hall–Kier alpha value is -1.94. The number of amides is 1. The minimum Gasteiger partial charge on any atom is -0.452 e. The van der Waals surface area contributed by atoms with Crippen LogP contribution in [0.3, 0.4) is 0 Å². The van der Waals surface area contributed by atoms with Gasteiger partial charge in [-0.2, -0.15) is 4.31 Å². The highest BCUT2D eigenvalue weighted by molar-refractivity contribution is 7.89. The van der Waals surface area contributed by atoms with E-state index in [0.717, 1.165) is 0 Å². The van der Waals surface area contributed by atoms with Crippen LogP contribution < -0.4 is 0 Å². The quantitative estimate of drug-likeness (QED) is 0.684. The fourth-order valence-corrected chi connectivity index (χ4v) is 4.75. The van der Waals surface area contributed by atoms with Crippen LogP contribution in [0.15, 0.2) is 9.42 Å². The molecule has 0 aliphatic carbocycles. The number of hydrogen-bond donors (Lipinski definition) is 0. The molecule has 0 saturated carbocycles. The van der Waals surface area contributed by atoms with Gasteiger partial charge in [0.1, 0.15) is 10.6 Å². The average Bonchev–Trinajstić information content (AvgIpc) is 2.93. The molecule has 1 aliphatic heterocycles. The Morgan fingerprint density at radius 1 is 1.27 bits per heavy atom. The van der Waals surface area contributed by atoms with Crippen molar-refractivity contribution in [3.8, 4) is 0 Å². The van der Waals surface area contributed by atoms with Gasteiger partial charge in [0.05, 0.1) is 5.92 Å². The number of rotatable bonds is 5. The SMILES string of the molecule is Cc1noc(C)c1S(=O)(=O)N1CCC(C(=O)OC(C)C(=O)N(C)C)CC1. The number of likely N-dealkylation sites (N-methyl/N-ethyl adjacent to an activating group) is 1. The molecule has 1 aromatic rings. The summed E-state index contributed by atoms with van der Waals surface area (Å²) in [5.41, 5.74) is 0.319. The van der Waals surface area contributed by atoms with Crippen LogP contribution in [0.5, 0.6) is 0 Å². The molecule has 9 nitrogen and oxygen atoms in total. The first-order valence-electron chi connectivity index (χ1n) is 8.40. The molecule has 0 spiro atoms. The Bertz CT molecular complexity index is 758. The van der Waals surface area contributed by atoms with Crippen LogP contribution in [0.1, 0.15) is 31.2 Å². The van der Waals surface area contributed by atoms with Gasteiger partial charge in [-0.05, 0) is 33.6 Å². The van der Waals surface area contributed by atoms with Crippen LogP contribution in [-0.4, -0.2) is 67.9 Å². The summed E-state index contributed by atoms with van der Waals surface area (Å²) in [4.78, 5) is 25.5. The summed E-state index contributed by atoms with van der Waals surface area (Å²) in [5, 5.41) is 3.69. The Labute approximate surface area is 153 Å². The van der Waals surface area contributed by atoms with E-state index >= 15 is 0 Å². The fraction of sp³-hybridized carbons (Fsp3) is 0.688. The second kappa shape index (κ2) is 7.75. The summed E-state index contributed by atoms with van der Waals surface area (Å²) in [5.74, 6) is -0.942. The lowest BCUT2D eigenvalue weighted by atomic mass is 9.98. The van der Waals surface area contributed by atoms with Crippen molar-refractivity contribution in [1.82, 2.24) is 14.4 Å². The number of nitrogens with zero attached hydrogens (tertiary/aromatic N) is 3. The maximum absolute atomic E-state index is 12.8. The molecule has 1 unspecified atom stereocenters. The van der Waals surface area contributed by atoms with E-state index in [-0.39, 0.29) is 29.7 Å². The Morgan fingerprint density at radius 3 is 2.31 bits per heavy atom. The lowest BCUT2D eigenvalue weighted by Gasteiger charge is -2.30. The van der Waals surface area contributed by atoms with Gasteiger partial charge in [0.25, 0.3) is 5.91 Å². The zero-order valence-corrected chi connectivity index (χ0v) is 16.5. The second-order valence-corrected chi connectivity index (χ2v) is 8.52. The molecule has 2 rings (SSSR count). The van der Waals surface area contributed by atoms with Gasteiger partial charge >= 0.3 is 5.97 Å². The standard InChI is InChI=1S/C16H25N3O6S/c1-10-14(11(2)25-17-10)26(22,23)19-8-6-13(7-9-19)16(21)24-12(3)15(20)18(4)5/h12-13H,6-9H2,1-5H3. The van der Waals surface area contributed by atoms with Crippen LogP contribution >= 0.6 is 0 Å². The van der Waals surface area contributed by atoms with Crippen LogP contribution in [0.25, 0.3) is 0 Å². The van der Waals surface area contributed by atoms with Gasteiger partial charge in [-0.1, -0.05) is 5.16 Å². The van der Waals surface area contributed by atoms with Crippen LogP contribution in [0.2, 0.25) is 0 Å². The highest BCUT2D eigenvalue weighted by Gasteiger charge is 2.36. The maximum Gasteiger partial charge on any atom is 0.309 e. The minimum atomic E-state index is -3.71. The smallest absolute Gasteiger partial charge is 0.309 e. The number of carbonyl (C=O) groups is 2. The van der Waals surface area contributed by atoms with Crippen molar-refractivity contribution >= 4 is 21.9 Å². The highest BCUT2D eigenvalue weighted by atomic mass is 32.2. The zero-order chi connectivity index (χ0) is 19.6. The molecule has 2 heterocycles. The molecule has 1 fully saturated rings. The lowest BCUT2D eigenvalue weighted by molar-refractivity contribution is -0.162. The summed E-state index contributed by atoms with van der Waals surface area (Å²) in [6, 6.07) is 0. The first-order chi connectivity index (χ1) is 12.1. The number of aryl methyl sites for hydroxylation is 2. The molecule has 0 radical (unpaired) electrons. The van der Waals surface area contributed by atoms with E-state index < -0.39 is 28.0 Å². The summed E-state index contributed by atoms with van der Waals surface area (Å²) in [7, 11) is -0.537. The molecule has 10 heteroatoms. The van der Waals surface area contributed by atoms with E-state index in [9.17, 15) is 18.0 Å². The number of sulfonamides is 1. The van der Waals surface area contributed by atoms with Gasteiger partial charge in [0, 0.05) is 27.2 Å². The first-order valence-corrected chi connectivity index (χ1v) is 9.84. The molecule has 0 aromatic carbocycles. The minimum absolute atomic E-state index is 0.0868. The molecule has 1 aromatic heterocycles. The van der Waals surface area contributed by atoms with Crippen molar-refractivity contribution in [2.45, 2.75) is 44.6 Å². The molecular weight excluding hydrogens is 362 g/mol. The Morgan fingerprint density at radius 2 is 1.85 bits per heavy atom. The van der Waals surface area contributed by atoms with Gasteiger partial charge in [-0.15, -0.1) is 0 Å². The van der Waals surface area contributed by atoms with E-state index in [2.05, 4.69) is 5.16 Å². The van der Waals surface area contributed by atoms with Crippen molar-refractivity contribution in [3.63, 3.8) is 0 Å². The number of hydrogen-bond acceptors (Lipinski definition) is 7. The van der Waals surface area contributed by atoms with Crippen LogP contribution in [0, 0.1) is 19.8 Å².